The van der Waals surface area contributed by atoms with Gasteiger partial charge in [0.25, 0.3) is 5.56 Å². The molecule has 0 aliphatic heterocycles. The molecule has 3 rings (SSSR count). The average molecular weight is 383 g/mol. The van der Waals surface area contributed by atoms with Gasteiger partial charge in [0.15, 0.2) is 11.5 Å². The number of benzene rings is 2. The summed E-state index contributed by atoms with van der Waals surface area (Å²) in [5.41, 5.74) is 1.52. The highest BCUT2D eigenvalue weighted by atomic mass is 16.5. The molecule has 3 aromatic rings. The molecule has 7 heteroatoms. The molecule has 0 fully saturated rings. The van der Waals surface area contributed by atoms with Gasteiger partial charge in [-0.1, -0.05) is 19.1 Å². The zero-order valence-corrected chi connectivity index (χ0v) is 16.6. The second kappa shape index (κ2) is 8.75. The maximum Gasteiger partial charge on any atom is 0.258 e. The number of aromatic nitrogens is 2. The Hall–Kier alpha value is -3.06. The smallest absolute Gasteiger partial charge is 0.258 e. The van der Waals surface area contributed by atoms with Crippen molar-refractivity contribution >= 4 is 10.9 Å². The number of H-pyrrole nitrogens is 1. The van der Waals surface area contributed by atoms with Crippen molar-refractivity contribution < 1.29 is 14.2 Å². The maximum atomic E-state index is 12.6. The lowest BCUT2D eigenvalue weighted by Crippen LogP contribution is -2.25. The normalized spacial score (nSPS) is 11.0. The standard InChI is InChI=1S/C21H25N3O4/c1-5-24(12-14-7-6-8-15(9-14)26-2)13-20-22-17-11-19(28-4)18(27-3)10-16(17)21(25)23-20/h6-11H,5,12-13H2,1-4H3,(H,22,23,25). The first kappa shape index (κ1) is 19.7. The average Bonchev–Trinajstić information content (AvgIpc) is 2.72. The minimum absolute atomic E-state index is 0.196. The van der Waals surface area contributed by atoms with Crippen LogP contribution >= 0.6 is 0 Å². The number of rotatable bonds is 8. The summed E-state index contributed by atoms with van der Waals surface area (Å²) in [6.07, 6.45) is 0. The fourth-order valence-corrected chi connectivity index (χ4v) is 3.11. The molecule has 0 spiro atoms. The Kier molecular flexibility index (Phi) is 6.16. The van der Waals surface area contributed by atoms with Gasteiger partial charge >= 0.3 is 0 Å². The zero-order valence-electron chi connectivity index (χ0n) is 16.6. The molecule has 0 atom stereocenters. The van der Waals surface area contributed by atoms with Crippen molar-refractivity contribution in [1.29, 1.82) is 0 Å². The van der Waals surface area contributed by atoms with Gasteiger partial charge in [-0.15, -0.1) is 0 Å². The summed E-state index contributed by atoms with van der Waals surface area (Å²) in [6.45, 7) is 4.13. The van der Waals surface area contributed by atoms with Crippen LogP contribution in [0.25, 0.3) is 10.9 Å². The third kappa shape index (κ3) is 4.26. The topological polar surface area (TPSA) is 76.7 Å². The van der Waals surface area contributed by atoms with Gasteiger partial charge in [0.05, 0.1) is 38.8 Å². The van der Waals surface area contributed by atoms with Crippen molar-refractivity contribution in [1.82, 2.24) is 14.9 Å². The lowest BCUT2D eigenvalue weighted by molar-refractivity contribution is 0.264. The quantitative estimate of drug-likeness (QED) is 0.644. The summed E-state index contributed by atoms with van der Waals surface area (Å²) in [5.74, 6) is 2.48. The van der Waals surface area contributed by atoms with Crippen LogP contribution in [0.4, 0.5) is 0 Å². The Labute approximate surface area is 163 Å². The van der Waals surface area contributed by atoms with E-state index in [2.05, 4.69) is 27.9 Å². The molecule has 0 amide bonds. The Morgan fingerprint density at radius 3 is 2.43 bits per heavy atom. The number of aromatic amines is 1. The second-order valence-corrected chi connectivity index (χ2v) is 6.39. The van der Waals surface area contributed by atoms with Crippen LogP contribution in [0.1, 0.15) is 18.3 Å². The lowest BCUT2D eigenvalue weighted by Gasteiger charge is -2.20. The van der Waals surface area contributed by atoms with Crippen molar-refractivity contribution in [2.75, 3.05) is 27.9 Å². The Morgan fingerprint density at radius 1 is 1.00 bits per heavy atom. The van der Waals surface area contributed by atoms with Gasteiger partial charge < -0.3 is 19.2 Å². The van der Waals surface area contributed by atoms with E-state index in [1.807, 2.05) is 18.2 Å². The summed E-state index contributed by atoms with van der Waals surface area (Å²) in [7, 11) is 4.76. The SMILES string of the molecule is CCN(Cc1cccc(OC)c1)Cc1nc2cc(OC)c(OC)cc2c(=O)[nH]1. The Morgan fingerprint density at radius 2 is 1.75 bits per heavy atom. The van der Waals surface area contributed by atoms with Crippen LogP contribution in [0.2, 0.25) is 0 Å². The molecule has 1 heterocycles. The van der Waals surface area contributed by atoms with Crippen molar-refractivity contribution in [3.05, 3.63) is 58.1 Å². The van der Waals surface area contributed by atoms with E-state index < -0.39 is 0 Å². The predicted octanol–water partition coefficient (Wildman–Crippen LogP) is 2.97. The summed E-state index contributed by atoms with van der Waals surface area (Å²) in [6, 6.07) is 11.3. The second-order valence-electron chi connectivity index (χ2n) is 6.39. The highest BCUT2D eigenvalue weighted by Gasteiger charge is 2.13. The summed E-state index contributed by atoms with van der Waals surface area (Å²) in [4.78, 5) is 22.3. The summed E-state index contributed by atoms with van der Waals surface area (Å²) >= 11 is 0. The van der Waals surface area contributed by atoms with Crippen LogP contribution < -0.4 is 19.8 Å². The summed E-state index contributed by atoms with van der Waals surface area (Å²) < 4.78 is 15.9. The van der Waals surface area contributed by atoms with Gasteiger partial charge in [0.2, 0.25) is 0 Å². The number of nitrogens with one attached hydrogen (secondary N) is 1. The third-order valence-electron chi connectivity index (χ3n) is 4.62. The minimum Gasteiger partial charge on any atom is -0.497 e. The molecule has 2 aromatic carbocycles. The molecule has 7 nitrogen and oxygen atoms in total. The molecular weight excluding hydrogens is 358 g/mol. The van der Waals surface area contributed by atoms with E-state index in [4.69, 9.17) is 14.2 Å². The largest absolute Gasteiger partial charge is 0.497 e. The monoisotopic (exact) mass is 383 g/mol. The number of hydrogen-bond acceptors (Lipinski definition) is 6. The number of methoxy groups -OCH3 is 3. The molecule has 28 heavy (non-hydrogen) atoms. The van der Waals surface area contributed by atoms with E-state index in [0.717, 1.165) is 24.4 Å². The number of nitrogens with zero attached hydrogens (tertiary/aromatic N) is 2. The highest BCUT2D eigenvalue weighted by Crippen LogP contribution is 2.30. The molecular formula is C21H25N3O4. The number of hydrogen-bond donors (Lipinski definition) is 1. The zero-order chi connectivity index (χ0) is 20.1. The molecule has 0 radical (unpaired) electrons. The van der Waals surface area contributed by atoms with Gasteiger partial charge in [-0.3, -0.25) is 9.69 Å². The molecule has 0 bridgehead atoms. The van der Waals surface area contributed by atoms with E-state index in [-0.39, 0.29) is 5.56 Å². The molecule has 1 N–H and O–H groups in total. The maximum absolute atomic E-state index is 12.6. The van der Waals surface area contributed by atoms with Crippen LogP contribution in [0.5, 0.6) is 17.2 Å². The molecule has 0 aliphatic carbocycles. The number of fused-ring (bicyclic) bond motifs is 1. The van der Waals surface area contributed by atoms with Crippen molar-refractivity contribution in [2.45, 2.75) is 20.0 Å². The van der Waals surface area contributed by atoms with Gasteiger partial charge in [-0.25, -0.2) is 4.98 Å². The molecule has 1 aromatic heterocycles. The van der Waals surface area contributed by atoms with E-state index in [0.29, 0.717) is 34.8 Å². The lowest BCUT2D eigenvalue weighted by atomic mass is 10.2. The predicted molar refractivity (Wildman–Crippen MR) is 108 cm³/mol. The highest BCUT2D eigenvalue weighted by molar-refractivity contribution is 5.81. The van der Waals surface area contributed by atoms with Gasteiger partial charge in [0.1, 0.15) is 11.6 Å². The summed E-state index contributed by atoms with van der Waals surface area (Å²) in [5, 5.41) is 0.470. The number of ether oxygens (including phenoxy) is 3. The van der Waals surface area contributed by atoms with Crippen molar-refractivity contribution in [3.8, 4) is 17.2 Å². The van der Waals surface area contributed by atoms with Crippen molar-refractivity contribution in [3.63, 3.8) is 0 Å². The molecule has 0 saturated heterocycles. The van der Waals surface area contributed by atoms with E-state index >= 15 is 0 Å². The van der Waals surface area contributed by atoms with Crippen LogP contribution in [0, 0.1) is 0 Å². The first-order valence-corrected chi connectivity index (χ1v) is 9.08. The van der Waals surface area contributed by atoms with Crippen LogP contribution in [-0.2, 0) is 13.1 Å². The molecule has 0 saturated carbocycles. The first-order valence-electron chi connectivity index (χ1n) is 9.08. The van der Waals surface area contributed by atoms with E-state index in [1.54, 1.807) is 26.4 Å². The van der Waals surface area contributed by atoms with E-state index in [1.165, 1.54) is 7.11 Å². The Bertz CT molecular complexity index is 1020. The van der Waals surface area contributed by atoms with Crippen LogP contribution in [0.15, 0.2) is 41.2 Å². The molecule has 0 aliphatic rings. The third-order valence-corrected chi connectivity index (χ3v) is 4.62. The fourth-order valence-electron chi connectivity index (χ4n) is 3.11. The first-order chi connectivity index (χ1) is 13.6. The van der Waals surface area contributed by atoms with Crippen molar-refractivity contribution in [2.24, 2.45) is 0 Å². The fraction of sp³-hybridized carbons (Fsp3) is 0.333. The van der Waals surface area contributed by atoms with Gasteiger partial charge in [0, 0.05) is 12.6 Å². The Balaban J connectivity index is 1.88. The van der Waals surface area contributed by atoms with Gasteiger partial charge in [-0.05, 0) is 30.3 Å². The van der Waals surface area contributed by atoms with Crippen LogP contribution in [0.3, 0.4) is 0 Å². The van der Waals surface area contributed by atoms with Gasteiger partial charge in [-0.2, -0.15) is 0 Å². The minimum atomic E-state index is -0.196. The van der Waals surface area contributed by atoms with Crippen LogP contribution in [-0.4, -0.2) is 42.7 Å². The van der Waals surface area contributed by atoms with E-state index in [9.17, 15) is 4.79 Å². The molecule has 0 unspecified atom stereocenters. The molecule has 148 valence electrons.